The van der Waals surface area contributed by atoms with E-state index in [0.717, 1.165) is 118 Å². The van der Waals surface area contributed by atoms with E-state index in [-0.39, 0.29) is 91.9 Å². The van der Waals surface area contributed by atoms with Crippen molar-refractivity contribution in [3.8, 4) is 0 Å². The molecule has 3 saturated carbocycles. The lowest BCUT2D eigenvalue weighted by Crippen LogP contribution is -2.43. The molecular formula is C60H63Br2Cl5F2N8O14. The van der Waals surface area contributed by atoms with Crippen LogP contribution in [0.15, 0.2) is 97.7 Å². The number of nitrogens with zero attached hydrogens (tertiary/aromatic N) is 5. The summed E-state index contributed by atoms with van der Waals surface area (Å²) < 4.78 is 68.1. The number of nitrogen functional groups attached to an aromatic ring is 1. The lowest BCUT2D eigenvalue weighted by molar-refractivity contribution is -0.155. The average molecular weight is 1500 g/mol. The van der Waals surface area contributed by atoms with Crippen molar-refractivity contribution >= 4 is 155 Å². The minimum absolute atomic E-state index is 0. The van der Waals surface area contributed by atoms with Crippen molar-refractivity contribution in [2.24, 2.45) is 17.8 Å². The van der Waals surface area contributed by atoms with Gasteiger partial charge >= 0.3 is 29.8 Å². The van der Waals surface area contributed by atoms with Gasteiger partial charge in [-0.1, -0.05) is 0 Å². The van der Waals surface area contributed by atoms with E-state index in [1.165, 1.54) is 38.2 Å². The standard InChI is InChI=1S/C21H19BrFN3O4.C16H17ClN2O3.C14H18N2O3.C5H3BrFNO.C4H4Cl2O3.2ClH/c1-29-20(28)13-2-3-16-17(4-13)26(11-21-6-12(7-21)10-30-21)18(24-16)9-25-8-15(23)14(22)5-19(25)27;1-21-15(20)11-2-3-12-13(4-11)19(14(7-17)18-12)9-16-5-10(6-16)8-22-16;1-18-13(17)10-2-3-11(15)12(4-10)16-8-14-5-9(6-14)7-19-14;6-3-1-5(9)8-2-4(3)7;5-1-3(7)9-4(8)2-6;;/h2-5,8,12H,6-7,9-11H2,1H3;2-4,10H,5-9H2,1H3;2-4,9,16H,5-8,15H2,1H3;1-2H,(H,8,9);1-2H2;2*1H. The molecule has 22 nitrogen and oxygen atoms in total. The van der Waals surface area contributed by atoms with Crippen LogP contribution in [0.3, 0.4) is 0 Å². The number of anilines is 2. The number of methoxy groups -OCH3 is 3. The molecule has 9 aliphatic rings. The highest BCUT2D eigenvalue weighted by molar-refractivity contribution is 9.10. The second kappa shape index (κ2) is 31.2. The Labute approximate surface area is 563 Å². The molecule has 16 rings (SSSR count). The van der Waals surface area contributed by atoms with Gasteiger partial charge in [0, 0.05) is 31.1 Å². The third-order valence-corrected chi connectivity index (χ3v) is 17.9. The molecule has 91 heavy (non-hydrogen) atoms. The van der Waals surface area contributed by atoms with Gasteiger partial charge in [0.15, 0.2) is 11.6 Å². The van der Waals surface area contributed by atoms with Crippen LogP contribution in [0, 0.1) is 29.4 Å². The number of carbonyl (C=O) groups is 5. The van der Waals surface area contributed by atoms with Gasteiger partial charge in [-0.05, 0) is 143 Å². The van der Waals surface area contributed by atoms with E-state index in [4.69, 9.17) is 69.0 Å². The Bertz CT molecular complexity index is 3920. The number of esters is 5. The normalized spacial score (nSPS) is 21.3. The Balaban J connectivity index is 0.000000172. The van der Waals surface area contributed by atoms with Crippen molar-refractivity contribution in [3.63, 3.8) is 0 Å². The number of aromatic nitrogens is 6. The number of aromatic amines is 1. The highest BCUT2D eigenvalue weighted by atomic mass is 79.9. The van der Waals surface area contributed by atoms with E-state index in [2.05, 4.69) is 61.4 Å². The topological polar surface area (TPSA) is 279 Å². The smallest absolute Gasteiger partial charge is 0.337 e. The van der Waals surface area contributed by atoms with Crippen molar-refractivity contribution in [1.29, 1.82) is 0 Å². The number of nitrogens with two attached hydrogens (primary N) is 1. The first-order chi connectivity index (χ1) is 42.5. The molecule has 0 unspecified atom stereocenters. The Morgan fingerprint density at radius 2 is 1.11 bits per heavy atom. The summed E-state index contributed by atoms with van der Waals surface area (Å²) >= 11 is 21.9. The van der Waals surface area contributed by atoms with Crippen LogP contribution in [-0.4, -0.2) is 135 Å². The monoisotopic (exact) mass is 1490 g/mol. The number of halogens is 9. The summed E-state index contributed by atoms with van der Waals surface area (Å²) in [5.74, 6) is -0.551. The van der Waals surface area contributed by atoms with E-state index in [1.54, 1.807) is 42.5 Å². The minimum Gasteiger partial charge on any atom is -0.465 e. The molecule has 490 valence electrons. The van der Waals surface area contributed by atoms with Gasteiger partial charge in [0.05, 0.1) is 143 Å². The maximum atomic E-state index is 14.0. The molecule has 7 aromatic rings. The maximum absolute atomic E-state index is 14.0. The maximum Gasteiger partial charge on any atom is 0.337 e. The molecule has 0 spiro atoms. The highest BCUT2D eigenvalue weighted by Gasteiger charge is 2.54. The van der Waals surface area contributed by atoms with Crippen LogP contribution in [0.2, 0.25) is 0 Å². The number of fused-ring (bicyclic) bond motifs is 5. The van der Waals surface area contributed by atoms with E-state index in [0.29, 0.717) is 58.0 Å². The number of H-pyrrole nitrogens is 1. The van der Waals surface area contributed by atoms with Gasteiger partial charge in [-0.25, -0.2) is 33.1 Å². The number of imidazole rings is 2. The van der Waals surface area contributed by atoms with Crippen molar-refractivity contribution in [3.05, 3.63) is 149 Å². The first kappa shape index (κ1) is 72.2. The number of pyridine rings is 2. The van der Waals surface area contributed by atoms with E-state index in [9.17, 15) is 42.3 Å². The van der Waals surface area contributed by atoms with Gasteiger partial charge < -0.3 is 62.9 Å². The second-order valence-electron chi connectivity index (χ2n) is 22.2. The molecule has 10 heterocycles. The first-order valence-electron chi connectivity index (χ1n) is 27.8. The fraction of sp³-hybridized carbons (Fsp3) is 0.417. The van der Waals surface area contributed by atoms with Gasteiger partial charge in [0.25, 0.3) is 5.56 Å². The Morgan fingerprint density at radius 3 is 1.55 bits per heavy atom. The van der Waals surface area contributed by atoms with Crippen molar-refractivity contribution in [2.75, 3.05) is 70.5 Å². The number of carbonyl (C=O) groups excluding carboxylic acids is 5. The molecule has 31 heteroatoms. The number of hydrogen-bond acceptors (Lipinski definition) is 18. The summed E-state index contributed by atoms with van der Waals surface area (Å²) in [5.41, 5.74) is 10.9. The number of alkyl halides is 3. The summed E-state index contributed by atoms with van der Waals surface area (Å²) in [6.45, 7) is 4.63. The number of benzene rings is 3. The van der Waals surface area contributed by atoms with Crippen molar-refractivity contribution in [2.45, 2.75) is 80.8 Å². The Hall–Kier alpha value is -6.20. The van der Waals surface area contributed by atoms with E-state index >= 15 is 0 Å². The molecule has 4 aromatic heterocycles. The summed E-state index contributed by atoms with van der Waals surface area (Å²) in [4.78, 5) is 89.8. The van der Waals surface area contributed by atoms with Gasteiger partial charge in [0.2, 0.25) is 5.56 Å². The van der Waals surface area contributed by atoms with Gasteiger partial charge in [-0.15, -0.1) is 59.6 Å². The van der Waals surface area contributed by atoms with Gasteiger partial charge in [0.1, 0.15) is 23.4 Å². The number of nitrogens with one attached hydrogen (secondary N) is 2. The number of hydrogen-bond donors (Lipinski definition) is 3. The average Bonchev–Trinajstić information content (AvgIpc) is 1.64. The summed E-state index contributed by atoms with van der Waals surface area (Å²) in [7, 11) is 4.09. The molecule has 3 aliphatic carbocycles. The number of ether oxygens (including phenoxy) is 7. The lowest BCUT2D eigenvalue weighted by atomic mass is 9.74. The largest absolute Gasteiger partial charge is 0.465 e. The van der Waals surface area contributed by atoms with E-state index < -0.39 is 29.5 Å². The molecule has 0 radical (unpaired) electrons. The summed E-state index contributed by atoms with van der Waals surface area (Å²) in [6, 6.07) is 18.0. The van der Waals surface area contributed by atoms with Crippen molar-refractivity contribution < 1.29 is 65.9 Å². The van der Waals surface area contributed by atoms with Crippen molar-refractivity contribution in [1.82, 2.24) is 28.7 Å². The molecule has 6 saturated heterocycles. The van der Waals surface area contributed by atoms with Crippen LogP contribution >= 0.6 is 91.5 Å². The van der Waals surface area contributed by atoms with Gasteiger partial charge in [-0.3, -0.25) is 19.2 Å². The second-order valence-corrected chi connectivity index (χ2v) is 24.8. The zero-order chi connectivity index (χ0) is 64.0. The molecule has 6 aliphatic heterocycles. The SMILES string of the molecule is COC(=O)c1ccc(N)c(NCC23CC(CO2)C3)c1.COC(=O)c1ccc2nc(CCl)n(CC34CC(CO3)C4)c2c1.COC(=O)c1ccc2nc(Cn3cc(F)c(Br)cc3=O)n(CC34CC(CO3)C4)c2c1.Cl.Cl.O=C(CCl)OC(=O)CCl.O=c1cc(Br)c(F)c[nH]1. The fourth-order valence-corrected chi connectivity index (χ4v) is 12.7. The molecule has 0 atom stereocenters. The number of rotatable bonds is 15. The van der Waals surface area contributed by atoms with Crippen LogP contribution in [0.1, 0.15) is 81.2 Å². The highest BCUT2D eigenvalue weighted by Crippen LogP contribution is 2.51. The van der Waals surface area contributed by atoms with E-state index in [1.807, 2.05) is 16.7 Å². The third kappa shape index (κ3) is 17.0. The van der Waals surface area contributed by atoms with Gasteiger partial charge in [-0.2, -0.15) is 0 Å². The first-order valence-corrected chi connectivity index (χ1v) is 31.0. The fourth-order valence-electron chi connectivity index (χ4n) is 11.7. The predicted octanol–water partition coefficient (Wildman–Crippen LogP) is 10.2. The molecule has 0 amide bonds. The molecule has 6 bridgehead atoms. The third-order valence-electron chi connectivity index (χ3n) is 16.0. The molecule has 3 aromatic carbocycles. The summed E-state index contributed by atoms with van der Waals surface area (Å²) in [5, 5.41) is 3.29. The van der Waals surface area contributed by atoms with Crippen LogP contribution in [0.4, 0.5) is 20.2 Å². The quantitative estimate of drug-likeness (QED) is 0.0283. The molecule has 4 N–H and O–H groups in total. The Morgan fingerprint density at radius 1 is 0.659 bits per heavy atom. The van der Waals surface area contributed by atoms with Crippen LogP contribution in [0.25, 0.3) is 22.1 Å². The van der Waals surface area contributed by atoms with Crippen LogP contribution < -0.4 is 22.2 Å². The van der Waals surface area contributed by atoms with Crippen LogP contribution in [0.5, 0.6) is 0 Å². The molecule has 9 fully saturated rings. The Kier molecular flexibility index (Phi) is 24.7. The predicted molar refractivity (Wildman–Crippen MR) is 346 cm³/mol. The van der Waals surface area contributed by atoms with Crippen LogP contribution in [-0.2, 0) is 68.3 Å². The minimum atomic E-state index is -0.776. The lowest BCUT2D eigenvalue weighted by Gasteiger charge is -2.36. The summed E-state index contributed by atoms with van der Waals surface area (Å²) in [6.07, 6.45) is 8.58. The zero-order valence-electron chi connectivity index (χ0n) is 49.0. The molecular weight excluding hydrogens is 1430 g/mol. The zero-order valence-corrected chi connectivity index (χ0v) is 56.1.